The van der Waals surface area contributed by atoms with E-state index in [4.69, 9.17) is 0 Å². The van der Waals surface area contributed by atoms with Crippen LogP contribution in [0.15, 0.2) is 60.9 Å². The number of fused-ring (bicyclic) bond motifs is 1. The Hall–Kier alpha value is -4.64. The predicted molar refractivity (Wildman–Crippen MR) is 150 cm³/mol. The second kappa shape index (κ2) is 11.5. The summed E-state index contributed by atoms with van der Waals surface area (Å²) in [5, 5.41) is 12.1. The first kappa shape index (κ1) is 27.9. The molecule has 1 aliphatic heterocycles. The summed E-state index contributed by atoms with van der Waals surface area (Å²) in [6, 6.07) is 19.1. The van der Waals surface area contributed by atoms with E-state index in [0.717, 1.165) is 35.8 Å². The zero-order valence-corrected chi connectivity index (χ0v) is 22.6. The maximum absolute atomic E-state index is 14.0. The van der Waals surface area contributed by atoms with E-state index in [1.807, 2.05) is 43.1 Å². The molecule has 1 aromatic heterocycles. The molecule has 1 N–H and O–H groups in total. The van der Waals surface area contributed by atoms with Gasteiger partial charge in [0, 0.05) is 55.6 Å². The van der Waals surface area contributed by atoms with Gasteiger partial charge in [0.1, 0.15) is 6.33 Å². The number of halogens is 3. The number of aromatic nitrogens is 2. The minimum absolute atomic E-state index is 0.129. The lowest BCUT2D eigenvalue weighted by molar-refractivity contribution is -0.138. The highest BCUT2D eigenvalue weighted by atomic mass is 19.4. The van der Waals surface area contributed by atoms with Gasteiger partial charge in [-0.05, 0) is 73.5 Å². The number of hydrogen-bond donors (Lipinski definition) is 1. The highest BCUT2D eigenvalue weighted by Gasteiger charge is 2.34. The second-order valence-electron chi connectivity index (χ2n) is 10.2. The Morgan fingerprint density at radius 2 is 1.78 bits per heavy atom. The first-order valence-corrected chi connectivity index (χ1v) is 13.0. The molecule has 2 heterocycles. The lowest BCUT2D eigenvalue weighted by atomic mass is 10.0. The smallest absolute Gasteiger partial charge is 0.322 e. The Bertz CT molecular complexity index is 1720. The molecule has 4 aromatic rings. The average molecular weight is 557 g/mol. The molecule has 0 aliphatic carbocycles. The molecule has 0 atom stereocenters. The van der Waals surface area contributed by atoms with Gasteiger partial charge in [-0.25, -0.2) is 4.98 Å². The molecular weight excluding hydrogens is 529 g/mol. The first-order chi connectivity index (χ1) is 19.6. The molecule has 10 heteroatoms. The lowest BCUT2D eigenvalue weighted by Gasteiger charge is -2.33. The summed E-state index contributed by atoms with van der Waals surface area (Å²) in [5.74, 6) is 2.26. The molecule has 208 valence electrons. The molecule has 1 saturated heterocycles. The molecule has 0 radical (unpaired) electrons. The van der Waals surface area contributed by atoms with Crippen LogP contribution in [-0.2, 0) is 12.7 Å². The van der Waals surface area contributed by atoms with Crippen molar-refractivity contribution in [2.75, 3.05) is 38.5 Å². The van der Waals surface area contributed by atoms with E-state index in [2.05, 4.69) is 27.2 Å². The molecule has 0 unspecified atom stereocenters. The fourth-order valence-corrected chi connectivity index (χ4v) is 4.74. The zero-order valence-electron chi connectivity index (χ0n) is 22.6. The van der Waals surface area contributed by atoms with Crippen LogP contribution in [0, 0.1) is 30.2 Å². The Morgan fingerprint density at radius 1 is 1.02 bits per heavy atom. The molecular formula is C31H27F3N6O. The molecule has 1 aliphatic rings. The normalized spacial score (nSPS) is 14.3. The van der Waals surface area contributed by atoms with E-state index in [1.54, 1.807) is 23.0 Å². The topological polar surface area (TPSA) is 77.2 Å². The number of nitriles is 1. The second-order valence-corrected chi connectivity index (χ2v) is 10.2. The van der Waals surface area contributed by atoms with Crippen LogP contribution in [0.1, 0.15) is 38.2 Å². The Balaban J connectivity index is 1.38. The van der Waals surface area contributed by atoms with E-state index in [1.165, 1.54) is 18.2 Å². The van der Waals surface area contributed by atoms with Crippen molar-refractivity contribution in [3.8, 4) is 18.0 Å². The highest BCUT2D eigenvalue weighted by molar-refractivity contribution is 6.04. The van der Waals surface area contributed by atoms with Crippen molar-refractivity contribution >= 4 is 22.6 Å². The number of rotatable bonds is 4. The molecule has 0 saturated carbocycles. The van der Waals surface area contributed by atoms with E-state index < -0.39 is 17.6 Å². The van der Waals surface area contributed by atoms with Crippen molar-refractivity contribution in [3.05, 3.63) is 94.3 Å². The van der Waals surface area contributed by atoms with E-state index >= 15 is 0 Å². The number of imidazole rings is 1. The third-order valence-electron chi connectivity index (χ3n) is 7.01. The van der Waals surface area contributed by atoms with Gasteiger partial charge in [-0.2, -0.15) is 18.4 Å². The summed E-state index contributed by atoms with van der Waals surface area (Å²) < 4.78 is 43.6. The lowest BCUT2D eigenvalue weighted by Crippen LogP contribution is -2.44. The van der Waals surface area contributed by atoms with Gasteiger partial charge in [0.15, 0.2) is 0 Å². The minimum Gasteiger partial charge on any atom is -0.322 e. The van der Waals surface area contributed by atoms with Crippen molar-refractivity contribution in [1.29, 1.82) is 5.26 Å². The number of carbonyl (C=O) groups excluding carboxylic acids is 1. The summed E-state index contributed by atoms with van der Waals surface area (Å²) >= 11 is 0. The summed E-state index contributed by atoms with van der Waals surface area (Å²) in [6.07, 6.45) is -3.02. The number of nitrogens with zero attached hydrogens (tertiary/aromatic N) is 5. The maximum atomic E-state index is 14.0. The maximum Gasteiger partial charge on any atom is 0.416 e. The number of alkyl halides is 3. The largest absolute Gasteiger partial charge is 0.416 e. The summed E-state index contributed by atoms with van der Waals surface area (Å²) in [5.41, 5.74) is 2.81. The Kier molecular flexibility index (Phi) is 7.80. The van der Waals surface area contributed by atoms with Crippen molar-refractivity contribution in [2.45, 2.75) is 19.6 Å². The van der Waals surface area contributed by atoms with Crippen LogP contribution in [0.3, 0.4) is 0 Å². The fourth-order valence-electron chi connectivity index (χ4n) is 4.74. The molecule has 0 bridgehead atoms. The standard InChI is InChI=1S/C31H27F3N6O/c1-21-3-6-29-28(13-21)36-20-40(29)8-7-22-14-23(18-35)16-26(15-22)37-30(41)24-4-5-25(27(17-24)31(32,33)34)19-39-11-9-38(2)10-12-39/h3-6,13-17,20H,9-12,19H2,1-2H3,(H,37,41). The third kappa shape index (κ3) is 6.58. The van der Waals surface area contributed by atoms with Gasteiger partial charge in [-0.15, -0.1) is 0 Å². The minimum atomic E-state index is -4.61. The predicted octanol–water partition coefficient (Wildman–Crippen LogP) is 5.09. The Labute approximate surface area is 235 Å². The molecule has 5 rings (SSSR count). The van der Waals surface area contributed by atoms with Crippen LogP contribution in [0.25, 0.3) is 11.0 Å². The summed E-state index contributed by atoms with van der Waals surface area (Å²) in [6.45, 7) is 5.05. The van der Waals surface area contributed by atoms with Gasteiger partial charge in [0.25, 0.3) is 5.91 Å². The third-order valence-corrected chi connectivity index (χ3v) is 7.01. The van der Waals surface area contributed by atoms with Crippen molar-refractivity contribution in [2.24, 2.45) is 0 Å². The first-order valence-electron chi connectivity index (χ1n) is 13.0. The van der Waals surface area contributed by atoms with Crippen LogP contribution in [0.4, 0.5) is 18.9 Å². The van der Waals surface area contributed by atoms with Crippen LogP contribution < -0.4 is 5.32 Å². The van der Waals surface area contributed by atoms with Gasteiger partial charge >= 0.3 is 6.18 Å². The van der Waals surface area contributed by atoms with E-state index in [-0.39, 0.29) is 28.9 Å². The van der Waals surface area contributed by atoms with E-state index in [0.29, 0.717) is 18.7 Å². The van der Waals surface area contributed by atoms with Crippen molar-refractivity contribution in [1.82, 2.24) is 19.4 Å². The number of aryl methyl sites for hydroxylation is 1. The fraction of sp³-hybridized carbons (Fsp3) is 0.258. The highest BCUT2D eigenvalue weighted by Crippen LogP contribution is 2.34. The van der Waals surface area contributed by atoms with Crippen LogP contribution in [0.5, 0.6) is 0 Å². The van der Waals surface area contributed by atoms with Crippen LogP contribution >= 0.6 is 0 Å². The molecule has 41 heavy (non-hydrogen) atoms. The number of carbonyl (C=O) groups is 1. The van der Waals surface area contributed by atoms with Gasteiger partial charge in [-0.1, -0.05) is 12.1 Å². The number of amides is 1. The number of nitrogens with one attached hydrogen (secondary N) is 1. The number of hydrogen-bond acceptors (Lipinski definition) is 5. The number of likely N-dealkylation sites (N-methyl/N-ethyl adjacent to an activating group) is 1. The SMILES string of the molecule is Cc1ccc2c(c1)ncn2C#Cc1cc(C#N)cc(NC(=O)c2ccc(CN3CCN(C)CC3)c(C(F)(F)F)c2)c1. The molecule has 1 fully saturated rings. The Morgan fingerprint density at radius 3 is 2.51 bits per heavy atom. The number of anilines is 1. The molecule has 0 spiro atoms. The van der Waals surface area contributed by atoms with Gasteiger partial charge in [0.2, 0.25) is 0 Å². The number of piperazine rings is 1. The van der Waals surface area contributed by atoms with Crippen molar-refractivity contribution in [3.63, 3.8) is 0 Å². The summed E-state index contributed by atoms with van der Waals surface area (Å²) in [7, 11) is 1.98. The van der Waals surface area contributed by atoms with Gasteiger partial charge < -0.3 is 10.2 Å². The molecule has 3 aromatic carbocycles. The van der Waals surface area contributed by atoms with Crippen molar-refractivity contribution < 1.29 is 18.0 Å². The van der Waals surface area contributed by atoms with Crippen LogP contribution in [-0.4, -0.2) is 58.5 Å². The monoisotopic (exact) mass is 556 g/mol. The molecule has 1 amide bonds. The van der Waals surface area contributed by atoms with E-state index in [9.17, 15) is 23.2 Å². The zero-order chi connectivity index (χ0) is 29.1. The van der Waals surface area contributed by atoms with Gasteiger partial charge in [-0.3, -0.25) is 14.3 Å². The summed E-state index contributed by atoms with van der Waals surface area (Å²) in [4.78, 5) is 21.5. The average Bonchev–Trinajstić information content (AvgIpc) is 3.34. The number of benzene rings is 3. The quantitative estimate of drug-likeness (QED) is 0.355. The van der Waals surface area contributed by atoms with Gasteiger partial charge in [0.05, 0.1) is 28.2 Å². The van der Waals surface area contributed by atoms with Crippen LogP contribution in [0.2, 0.25) is 0 Å². The molecule has 7 nitrogen and oxygen atoms in total.